The number of ether oxygens (including phenoxy) is 1. The molecule has 0 saturated heterocycles. The summed E-state index contributed by atoms with van der Waals surface area (Å²) in [7, 11) is 0. The zero-order valence-electron chi connectivity index (χ0n) is 15.4. The van der Waals surface area contributed by atoms with Crippen LogP contribution in [0.3, 0.4) is 0 Å². The van der Waals surface area contributed by atoms with Crippen molar-refractivity contribution in [1.82, 2.24) is 20.1 Å². The van der Waals surface area contributed by atoms with Crippen LogP contribution >= 0.6 is 23.4 Å². The lowest BCUT2D eigenvalue weighted by Gasteiger charge is -2.12. The summed E-state index contributed by atoms with van der Waals surface area (Å²) in [5, 5.41) is 12.1. The van der Waals surface area contributed by atoms with Gasteiger partial charge in [-0.2, -0.15) is 0 Å². The van der Waals surface area contributed by atoms with E-state index in [9.17, 15) is 9.59 Å². The van der Waals surface area contributed by atoms with E-state index in [2.05, 4.69) is 28.7 Å². The lowest BCUT2D eigenvalue weighted by atomic mass is 10.2. The predicted octanol–water partition coefficient (Wildman–Crippen LogP) is 3.11. The van der Waals surface area contributed by atoms with Crippen LogP contribution in [0.4, 0.5) is 0 Å². The van der Waals surface area contributed by atoms with Crippen LogP contribution in [0.15, 0.2) is 54.7 Å². The highest BCUT2D eigenvalue weighted by molar-refractivity contribution is 7.99. The lowest BCUT2D eigenvalue weighted by Crippen LogP contribution is -2.36. The normalized spacial score (nSPS) is 11.5. The van der Waals surface area contributed by atoms with Gasteiger partial charge in [0.05, 0.1) is 5.75 Å². The Hall–Kier alpha value is -2.58. The van der Waals surface area contributed by atoms with Gasteiger partial charge >= 0.3 is 5.97 Å². The molecule has 1 aromatic heterocycles. The van der Waals surface area contributed by atoms with Crippen LogP contribution in [0.1, 0.15) is 6.92 Å². The number of hydrogen-bond donors (Lipinski definition) is 1. The van der Waals surface area contributed by atoms with Gasteiger partial charge < -0.3 is 10.1 Å². The van der Waals surface area contributed by atoms with Crippen LogP contribution in [0.5, 0.6) is 0 Å². The second kappa shape index (κ2) is 10.7. The molecular weight excluding hydrogens is 400 g/mol. The van der Waals surface area contributed by atoms with Crippen LogP contribution in [0.2, 0.25) is 5.02 Å². The molecule has 1 heterocycles. The number of esters is 1. The highest BCUT2D eigenvalue weighted by Gasteiger charge is 2.19. The molecule has 0 fully saturated rings. The topological polar surface area (TPSA) is 86.1 Å². The van der Waals surface area contributed by atoms with Gasteiger partial charge in [-0.1, -0.05) is 35.5 Å². The highest BCUT2D eigenvalue weighted by atomic mass is 35.5. The molecule has 148 valence electrons. The Morgan fingerprint density at radius 1 is 1.29 bits per heavy atom. The molecule has 0 saturated carbocycles. The predicted molar refractivity (Wildman–Crippen MR) is 110 cm³/mol. The van der Waals surface area contributed by atoms with Crippen molar-refractivity contribution >= 4 is 35.2 Å². The minimum Gasteiger partial charge on any atom is -0.452 e. The molecule has 7 nitrogen and oxygen atoms in total. The quantitative estimate of drug-likeness (QED) is 0.361. The Morgan fingerprint density at radius 2 is 2.00 bits per heavy atom. The largest absolute Gasteiger partial charge is 0.452 e. The van der Waals surface area contributed by atoms with Crippen LogP contribution in [-0.2, 0) is 20.9 Å². The van der Waals surface area contributed by atoms with E-state index in [1.54, 1.807) is 24.3 Å². The van der Waals surface area contributed by atoms with Crippen LogP contribution in [-0.4, -0.2) is 45.0 Å². The van der Waals surface area contributed by atoms with Crippen molar-refractivity contribution in [1.29, 1.82) is 0 Å². The Bertz CT molecular complexity index is 851. The van der Waals surface area contributed by atoms with Gasteiger partial charge in [0.1, 0.15) is 0 Å². The van der Waals surface area contributed by atoms with E-state index in [0.29, 0.717) is 29.1 Å². The third kappa shape index (κ3) is 5.97. The van der Waals surface area contributed by atoms with E-state index in [-0.39, 0.29) is 11.7 Å². The number of carbonyl (C=O) groups excluding carboxylic acids is 2. The molecule has 0 unspecified atom stereocenters. The summed E-state index contributed by atoms with van der Waals surface area (Å²) < 4.78 is 6.98. The molecule has 1 amide bonds. The van der Waals surface area contributed by atoms with E-state index in [1.807, 2.05) is 16.7 Å². The first-order valence-corrected chi connectivity index (χ1v) is 9.83. The molecule has 2 rings (SSSR count). The molecule has 0 aliphatic carbocycles. The summed E-state index contributed by atoms with van der Waals surface area (Å²) in [4.78, 5) is 23.8. The zero-order chi connectivity index (χ0) is 20.5. The molecule has 1 N–H and O–H groups in total. The molecule has 2 aromatic rings. The first kappa shape index (κ1) is 21.7. The number of aromatic nitrogens is 3. The van der Waals surface area contributed by atoms with E-state index in [1.165, 1.54) is 18.7 Å². The third-order valence-electron chi connectivity index (χ3n) is 3.55. The van der Waals surface area contributed by atoms with Crippen LogP contribution in [0.25, 0.3) is 11.4 Å². The van der Waals surface area contributed by atoms with Crippen molar-refractivity contribution in [3.63, 3.8) is 0 Å². The second-order valence-corrected chi connectivity index (χ2v) is 7.05. The maximum absolute atomic E-state index is 12.1. The van der Waals surface area contributed by atoms with Crippen LogP contribution in [0, 0.1) is 0 Å². The SMILES string of the molecule is C=CCNC(=O)[C@@H](C)OC(=O)CSc1nnc(-c2ccc(Cl)cc2)n1CC=C. The number of allylic oxidation sites excluding steroid dienone is 1. The minimum atomic E-state index is -0.885. The fourth-order valence-electron chi connectivity index (χ4n) is 2.23. The van der Waals surface area contributed by atoms with Crippen molar-refractivity contribution in [3.05, 3.63) is 54.6 Å². The number of thioether (sulfide) groups is 1. The number of hydrogen-bond acceptors (Lipinski definition) is 6. The van der Waals surface area contributed by atoms with E-state index < -0.39 is 12.1 Å². The number of rotatable bonds is 10. The van der Waals surface area contributed by atoms with Crippen molar-refractivity contribution in [2.45, 2.75) is 24.7 Å². The average Bonchev–Trinajstić information content (AvgIpc) is 3.08. The zero-order valence-corrected chi connectivity index (χ0v) is 17.0. The minimum absolute atomic E-state index is 0.00499. The molecule has 0 spiro atoms. The van der Waals surface area contributed by atoms with Gasteiger partial charge in [-0.05, 0) is 31.2 Å². The molecule has 0 radical (unpaired) electrons. The number of amides is 1. The first-order valence-electron chi connectivity index (χ1n) is 8.47. The van der Waals surface area contributed by atoms with Crippen molar-refractivity contribution in [2.75, 3.05) is 12.3 Å². The van der Waals surface area contributed by atoms with Gasteiger partial charge in [0.25, 0.3) is 5.91 Å². The number of nitrogens with one attached hydrogen (secondary N) is 1. The molecule has 9 heteroatoms. The van der Waals surface area contributed by atoms with Crippen molar-refractivity contribution in [3.8, 4) is 11.4 Å². The fraction of sp³-hybridized carbons (Fsp3) is 0.263. The molecule has 1 aromatic carbocycles. The van der Waals surface area contributed by atoms with Crippen molar-refractivity contribution in [2.24, 2.45) is 0 Å². The maximum Gasteiger partial charge on any atom is 0.317 e. The molecule has 0 aliphatic heterocycles. The maximum atomic E-state index is 12.1. The summed E-state index contributed by atoms with van der Waals surface area (Å²) in [6, 6.07) is 7.23. The summed E-state index contributed by atoms with van der Waals surface area (Å²) in [6.07, 6.45) is 2.38. The highest BCUT2D eigenvalue weighted by Crippen LogP contribution is 2.25. The van der Waals surface area contributed by atoms with E-state index >= 15 is 0 Å². The molecule has 0 bridgehead atoms. The Labute approximate surface area is 172 Å². The molecule has 1 atom stereocenters. The van der Waals surface area contributed by atoms with Gasteiger partial charge in [0, 0.05) is 23.7 Å². The molecule has 0 aliphatic rings. The Balaban J connectivity index is 2.02. The van der Waals surface area contributed by atoms with Gasteiger partial charge in [-0.3, -0.25) is 14.2 Å². The second-order valence-electron chi connectivity index (χ2n) is 5.67. The standard InChI is InChI=1S/C19H21ClN4O3S/c1-4-10-21-18(26)13(3)27-16(25)12-28-19-23-22-17(24(19)11-5-2)14-6-8-15(20)9-7-14/h4-9,13H,1-2,10-12H2,3H3,(H,21,26)/t13-/m1/s1. The number of nitrogens with zero attached hydrogens (tertiary/aromatic N) is 3. The number of halogens is 1. The summed E-state index contributed by atoms with van der Waals surface area (Å²) in [6.45, 7) is 9.57. The Kier molecular flexibility index (Phi) is 8.28. The monoisotopic (exact) mass is 420 g/mol. The fourth-order valence-corrected chi connectivity index (χ4v) is 3.08. The van der Waals surface area contributed by atoms with Gasteiger partial charge in [-0.25, -0.2) is 0 Å². The summed E-state index contributed by atoms with van der Waals surface area (Å²) in [5.74, 6) is -0.259. The molecule has 28 heavy (non-hydrogen) atoms. The summed E-state index contributed by atoms with van der Waals surface area (Å²) in [5.41, 5.74) is 0.848. The lowest BCUT2D eigenvalue weighted by molar-refractivity contribution is -0.152. The number of carbonyl (C=O) groups is 2. The molecular formula is C19H21ClN4O3S. The van der Waals surface area contributed by atoms with Crippen LogP contribution < -0.4 is 5.32 Å². The van der Waals surface area contributed by atoms with E-state index in [4.69, 9.17) is 16.3 Å². The number of benzene rings is 1. The smallest absolute Gasteiger partial charge is 0.317 e. The van der Waals surface area contributed by atoms with Gasteiger partial charge in [0.2, 0.25) is 0 Å². The van der Waals surface area contributed by atoms with Gasteiger partial charge in [-0.15, -0.1) is 23.4 Å². The van der Waals surface area contributed by atoms with Crippen molar-refractivity contribution < 1.29 is 14.3 Å². The average molecular weight is 421 g/mol. The first-order chi connectivity index (χ1) is 13.5. The summed E-state index contributed by atoms with van der Waals surface area (Å²) >= 11 is 7.11. The Morgan fingerprint density at radius 3 is 2.64 bits per heavy atom. The third-order valence-corrected chi connectivity index (χ3v) is 4.74. The van der Waals surface area contributed by atoms with Gasteiger partial charge in [0.15, 0.2) is 17.1 Å². The van der Waals surface area contributed by atoms with E-state index in [0.717, 1.165) is 5.56 Å².